The van der Waals surface area contributed by atoms with Gasteiger partial charge in [-0.3, -0.25) is 0 Å². The monoisotopic (exact) mass is 269 g/mol. The molecule has 0 aliphatic heterocycles. The van der Waals surface area contributed by atoms with Crippen molar-refractivity contribution < 1.29 is 0 Å². The third kappa shape index (κ3) is 4.41. The summed E-state index contributed by atoms with van der Waals surface area (Å²) in [6.07, 6.45) is 6.40. The van der Waals surface area contributed by atoms with Gasteiger partial charge in [0.05, 0.1) is 0 Å². The Morgan fingerprint density at radius 3 is 2.15 bits per heavy atom. The molecule has 0 aliphatic rings. The Bertz CT molecular complexity index is 503. The maximum absolute atomic E-state index is 4.21. The summed E-state index contributed by atoms with van der Waals surface area (Å²) in [5.41, 5.74) is 6.16. The minimum atomic E-state index is 0.940. The smallest absolute Gasteiger partial charge is 0.0454 e. The van der Waals surface area contributed by atoms with E-state index in [1.807, 2.05) is 0 Å². The Balaban J connectivity index is 3.13. The van der Waals surface area contributed by atoms with E-state index in [1.165, 1.54) is 22.5 Å². The molecule has 0 unspecified atom stereocenters. The van der Waals surface area contributed by atoms with Crippen molar-refractivity contribution >= 4 is 5.69 Å². The summed E-state index contributed by atoms with van der Waals surface area (Å²) in [5, 5.41) is 0. The summed E-state index contributed by atoms with van der Waals surface area (Å²) in [5.74, 6) is 0. The highest BCUT2D eigenvalue weighted by Crippen LogP contribution is 2.25. The third-order valence-corrected chi connectivity index (χ3v) is 3.54. The normalized spacial score (nSPS) is 12.4. The quantitative estimate of drug-likeness (QED) is 0.574. The summed E-state index contributed by atoms with van der Waals surface area (Å²) in [7, 11) is 0. The molecule has 0 fully saturated rings. The van der Waals surface area contributed by atoms with Crippen molar-refractivity contribution in [2.75, 3.05) is 4.90 Å². The van der Waals surface area contributed by atoms with Crippen LogP contribution in [0.15, 0.2) is 60.0 Å². The Hall–Kier alpha value is -1.76. The molecule has 0 atom stereocenters. The van der Waals surface area contributed by atoms with Gasteiger partial charge in [-0.25, -0.2) is 0 Å². The second-order valence-electron chi connectivity index (χ2n) is 5.27. The molecule has 0 amide bonds. The van der Waals surface area contributed by atoms with Gasteiger partial charge in [-0.2, -0.15) is 0 Å². The fourth-order valence-corrected chi connectivity index (χ4v) is 1.94. The molecule has 1 aromatic carbocycles. The maximum Gasteiger partial charge on any atom is 0.0454 e. The van der Waals surface area contributed by atoms with E-state index in [1.54, 1.807) is 0 Å². The van der Waals surface area contributed by atoms with Gasteiger partial charge in [0.2, 0.25) is 0 Å². The molecule has 0 N–H and O–H groups in total. The molecule has 0 saturated carbocycles. The second-order valence-corrected chi connectivity index (χ2v) is 5.27. The standard InChI is InChI=1S/C19H27N/c1-7-15(3)9-12-18(6)20(17(5)8-2)19-13-10-16(4)11-14-19/h9-14H,5,7-8H2,1-4,6H3/b15-9-,18-12+. The van der Waals surface area contributed by atoms with Crippen molar-refractivity contribution in [2.24, 2.45) is 0 Å². The number of benzene rings is 1. The molecule has 20 heavy (non-hydrogen) atoms. The molecule has 0 spiro atoms. The van der Waals surface area contributed by atoms with Crippen LogP contribution >= 0.6 is 0 Å². The first-order chi connectivity index (χ1) is 9.49. The molecule has 1 aromatic rings. The molecule has 0 radical (unpaired) electrons. The molecule has 1 rings (SSSR count). The predicted molar refractivity (Wildman–Crippen MR) is 90.9 cm³/mol. The van der Waals surface area contributed by atoms with E-state index in [2.05, 4.69) is 82.5 Å². The SMILES string of the molecule is C=C(CC)N(/C(C)=C/C=C(/C)CC)c1ccc(C)cc1. The van der Waals surface area contributed by atoms with Crippen molar-refractivity contribution in [1.29, 1.82) is 0 Å². The third-order valence-electron chi connectivity index (χ3n) is 3.54. The lowest BCUT2D eigenvalue weighted by Gasteiger charge is -2.27. The zero-order chi connectivity index (χ0) is 15.1. The van der Waals surface area contributed by atoms with Crippen LogP contribution in [0.3, 0.4) is 0 Å². The zero-order valence-electron chi connectivity index (χ0n) is 13.5. The Kier molecular flexibility index (Phi) is 6.30. The highest BCUT2D eigenvalue weighted by atomic mass is 15.1. The number of anilines is 1. The molecular weight excluding hydrogens is 242 g/mol. The Morgan fingerprint density at radius 2 is 1.65 bits per heavy atom. The average molecular weight is 269 g/mol. The van der Waals surface area contributed by atoms with Crippen molar-refractivity contribution in [1.82, 2.24) is 0 Å². The summed E-state index contributed by atoms with van der Waals surface area (Å²) >= 11 is 0. The lowest BCUT2D eigenvalue weighted by Crippen LogP contribution is -2.19. The average Bonchev–Trinajstić information content (AvgIpc) is 2.46. The number of hydrogen-bond acceptors (Lipinski definition) is 1. The highest BCUT2D eigenvalue weighted by Gasteiger charge is 2.10. The van der Waals surface area contributed by atoms with Crippen LogP contribution in [0.5, 0.6) is 0 Å². The van der Waals surface area contributed by atoms with Gasteiger partial charge in [0.1, 0.15) is 0 Å². The van der Waals surface area contributed by atoms with Gasteiger partial charge < -0.3 is 4.90 Å². The van der Waals surface area contributed by atoms with Gasteiger partial charge in [-0.15, -0.1) is 0 Å². The minimum Gasteiger partial charge on any atom is -0.319 e. The van der Waals surface area contributed by atoms with E-state index in [9.17, 15) is 0 Å². The molecule has 1 heteroatoms. The van der Waals surface area contributed by atoms with E-state index in [0.717, 1.165) is 18.5 Å². The highest BCUT2D eigenvalue weighted by molar-refractivity contribution is 5.58. The fraction of sp³-hybridized carbons (Fsp3) is 0.368. The van der Waals surface area contributed by atoms with Crippen molar-refractivity contribution in [3.63, 3.8) is 0 Å². The lowest BCUT2D eigenvalue weighted by atomic mass is 10.1. The van der Waals surface area contributed by atoms with Crippen LogP contribution < -0.4 is 4.90 Å². The molecule has 1 nitrogen and oxygen atoms in total. The molecule has 0 heterocycles. The minimum absolute atomic E-state index is 0.940. The predicted octanol–water partition coefficient (Wildman–Crippen LogP) is 5.99. The molecular formula is C19H27N. The lowest BCUT2D eigenvalue weighted by molar-refractivity contribution is 0.972. The Labute approximate surface area is 124 Å². The number of allylic oxidation sites excluding steroid dienone is 5. The van der Waals surface area contributed by atoms with Gasteiger partial charge in [0, 0.05) is 17.1 Å². The van der Waals surface area contributed by atoms with Crippen molar-refractivity contribution in [3.05, 3.63) is 65.5 Å². The van der Waals surface area contributed by atoms with E-state index in [4.69, 9.17) is 0 Å². The second kappa shape index (κ2) is 7.74. The van der Waals surface area contributed by atoms with Crippen LogP contribution in [0.4, 0.5) is 5.69 Å². The summed E-state index contributed by atoms with van der Waals surface area (Å²) in [6.45, 7) is 14.9. The molecule has 0 saturated heterocycles. The largest absolute Gasteiger partial charge is 0.319 e. The molecule has 108 valence electrons. The van der Waals surface area contributed by atoms with Crippen LogP contribution in [0.25, 0.3) is 0 Å². The Morgan fingerprint density at radius 1 is 1.05 bits per heavy atom. The van der Waals surface area contributed by atoms with Gasteiger partial charge in [-0.05, 0) is 51.8 Å². The number of hydrogen-bond donors (Lipinski definition) is 0. The van der Waals surface area contributed by atoms with Crippen LogP contribution in [0, 0.1) is 6.92 Å². The summed E-state index contributed by atoms with van der Waals surface area (Å²) < 4.78 is 0. The van der Waals surface area contributed by atoms with E-state index >= 15 is 0 Å². The number of rotatable bonds is 6. The van der Waals surface area contributed by atoms with Gasteiger partial charge >= 0.3 is 0 Å². The van der Waals surface area contributed by atoms with Gasteiger partial charge in [0.15, 0.2) is 0 Å². The zero-order valence-corrected chi connectivity index (χ0v) is 13.5. The van der Waals surface area contributed by atoms with Gasteiger partial charge in [0.25, 0.3) is 0 Å². The topological polar surface area (TPSA) is 3.24 Å². The van der Waals surface area contributed by atoms with Crippen molar-refractivity contribution in [2.45, 2.75) is 47.5 Å². The molecule has 0 aliphatic carbocycles. The van der Waals surface area contributed by atoms with Crippen LogP contribution in [-0.2, 0) is 0 Å². The summed E-state index contributed by atoms with van der Waals surface area (Å²) in [6, 6.07) is 8.60. The first-order valence-corrected chi connectivity index (χ1v) is 7.38. The first-order valence-electron chi connectivity index (χ1n) is 7.38. The van der Waals surface area contributed by atoms with Gasteiger partial charge in [-0.1, -0.05) is 49.8 Å². The van der Waals surface area contributed by atoms with Crippen LogP contribution in [0.1, 0.15) is 46.1 Å². The maximum atomic E-state index is 4.21. The van der Waals surface area contributed by atoms with E-state index in [-0.39, 0.29) is 0 Å². The van der Waals surface area contributed by atoms with Crippen molar-refractivity contribution in [3.8, 4) is 0 Å². The molecule has 0 aromatic heterocycles. The van der Waals surface area contributed by atoms with Crippen LogP contribution in [-0.4, -0.2) is 0 Å². The molecule has 0 bridgehead atoms. The number of nitrogens with zero attached hydrogens (tertiary/aromatic N) is 1. The number of aryl methyl sites for hydroxylation is 1. The van der Waals surface area contributed by atoms with E-state index in [0.29, 0.717) is 0 Å². The summed E-state index contributed by atoms with van der Waals surface area (Å²) in [4.78, 5) is 2.24. The van der Waals surface area contributed by atoms with E-state index < -0.39 is 0 Å². The fourth-order valence-electron chi connectivity index (χ4n) is 1.94. The van der Waals surface area contributed by atoms with Crippen LogP contribution in [0.2, 0.25) is 0 Å². The first kappa shape index (κ1) is 16.3.